The van der Waals surface area contributed by atoms with Crippen molar-refractivity contribution < 1.29 is 14.3 Å². The molecule has 3 rings (SSSR count). The number of amides is 1. The van der Waals surface area contributed by atoms with Crippen LogP contribution in [0, 0.1) is 6.92 Å². The van der Waals surface area contributed by atoms with E-state index in [0.717, 1.165) is 40.8 Å². The van der Waals surface area contributed by atoms with Crippen molar-refractivity contribution in [2.45, 2.75) is 19.8 Å². The Morgan fingerprint density at radius 3 is 2.78 bits per heavy atom. The molecule has 1 amide bonds. The smallest absolute Gasteiger partial charge is 0.224 e. The Labute approximate surface area is 165 Å². The van der Waals surface area contributed by atoms with E-state index in [2.05, 4.69) is 10.2 Å². The van der Waals surface area contributed by atoms with Crippen molar-refractivity contribution in [3.05, 3.63) is 53.1 Å². The molecule has 1 saturated heterocycles. The molecule has 0 aromatic heterocycles. The molecule has 1 aliphatic rings. The third kappa shape index (κ3) is 5.62. The molecular formula is C21H25ClN2O3. The lowest BCUT2D eigenvalue weighted by Gasteiger charge is -2.30. The first-order valence-corrected chi connectivity index (χ1v) is 9.62. The van der Waals surface area contributed by atoms with Gasteiger partial charge in [-0.3, -0.25) is 4.79 Å². The van der Waals surface area contributed by atoms with E-state index in [1.54, 1.807) is 0 Å². The number of aryl methyl sites for hydroxylation is 1. The van der Waals surface area contributed by atoms with E-state index in [4.69, 9.17) is 21.1 Å². The van der Waals surface area contributed by atoms with E-state index < -0.39 is 0 Å². The first-order valence-electron chi connectivity index (χ1n) is 9.24. The largest absolute Gasteiger partial charge is 0.494 e. The van der Waals surface area contributed by atoms with Crippen molar-refractivity contribution >= 4 is 28.9 Å². The van der Waals surface area contributed by atoms with E-state index in [-0.39, 0.29) is 5.91 Å². The molecule has 5 nitrogen and oxygen atoms in total. The Morgan fingerprint density at radius 2 is 2.00 bits per heavy atom. The lowest BCUT2D eigenvalue weighted by atomic mass is 10.2. The third-order valence-electron chi connectivity index (χ3n) is 4.48. The number of halogens is 1. The van der Waals surface area contributed by atoms with Crippen molar-refractivity contribution in [3.8, 4) is 5.75 Å². The Kier molecular flexibility index (Phi) is 6.96. The molecule has 1 fully saturated rings. The summed E-state index contributed by atoms with van der Waals surface area (Å²) in [5.41, 5.74) is 2.87. The minimum absolute atomic E-state index is 0.00778. The normalized spacial score (nSPS) is 14.1. The number of benzene rings is 2. The molecule has 0 aliphatic carbocycles. The summed E-state index contributed by atoms with van der Waals surface area (Å²) >= 11 is 6.01. The standard InChI is InChI=1S/C21H25ClN2O3/c1-16-15-17(8-9-18(16)22)27-12-4-7-21(25)23-19-5-2-3-6-20(19)24-10-13-26-14-11-24/h2-3,5-6,8-9,15H,4,7,10-14H2,1H3,(H,23,25). The Morgan fingerprint density at radius 1 is 1.22 bits per heavy atom. The molecule has 0 saturated carbocycles. The molecule has 0 unspecified atom stereocenters. The lowest BCUT2D eigenvalue weighted by molar-refractivity contribution is -0.116. The molecule has 0 radical (unpaired) electrons. The number of ether oxygens (including phenoxy) is 2. The summed E-state index contributed by atoms with van der Waals surface area (Å²) in [5.74, 6) is 0.765. The van der Waals surface area contributed by atoms with Crippen LogP contribution < -0.4 is 15.0 Å². The predicted octanol–water partition coefficient (Wildman–Crippen LogP) is 4.28. The SMILES string of the molecule is Cc1cc(OCCCC(=O)Nc2ccccc2N2CCOCC2)ccc1Cl. The topological polar surface area (TPSA) is 50.8 Å². The number of nitrogens with one attached hydrogen (secondary N) is 1. The Balaban J connectivity index is 1.47. The minimum Gasteiger partial charge on any atom is -0.494 e. The molecule has 1 aliphatic heterocycles. The molecule has 6 heteroatoms. The Hall–Kier alpha value is -2.24. The second-order valence-electron chi connectivity index (χ2n) is 6.53. The number of hydrogen-bond donors (Lipinski definition) is 1. The summed E-state index contributed by atoms with van der Waals surface area (Å²) in [5, 5.41) is 3.75. The maximum absolute atomic E-state index is 12.3. The first kappa shape index (κ1) is 19.5. The van der Waals surface area contributed by atoms with Crippen LogP contribution in [0.5, 0.6) is 5.75 Å². The zero-order valence-corrected chi connectivity index (χ0v) is 16.3. The van der Waals surface area contributed by atoms with Crippen molar-refractivity contribution in [3.63, 3.8) is 0 Å². The van der Waals surface area contributed by atoms with Gasteiger partial charge >= 0.3 is 0 Å². The summed E-state index contributed by atoms with van der Waals surface area (Å²) in [6.07, 6.45) is 1.05. The fraction of sp³-hybridized carbons (Fsp3) is 0.381. The molecule has 0 bridgehead atoms. The van der Waals surface area contributed by atoms with Crippen LogP contribution in [0.15, 0.2) is 42.5 Å². The van der Waals surface area contributed by atoms with Gasteiger partial charge in [-0.05, 0) is 49.2 Å². The highest BCUT2D eigenvalue weighted by Crippen LogP contribution is 2.26. The summed E-state index contributed by atoms with van der Waals surface area (Å²) in [4.78, 5) is 14.6. The average Bonchev–Trinajstić information content (AvgIpc) is 2.69. The second-order valence-corrected chi connectivity index (χ2v) is 6.93. The van der Waals surface area contributed by atoms with E-state index >= 15 is 0 Å². The van der Waals surface area contributed by atoms with E-state index in [0.29, 0.717) is 32.7 Å². The number of morpholine rings is 1. The number of nitrogens with zero attached hydrogens (tertiary/aromatic N) is 1. The quantitative estimate of drug-likeness (QED) is 0.719. The minimum atomic E-state index is -0.00778. The van der Waals surface area contributed by atoms with Crippen LogP contribution in [-0.4, -0.2) is 38.8 Å². The molecule has 1 heterocycles. The van der Waals surface area contributed by atoms with Gasteiger partial charge in [-0.25, -0.2) is 0 Å². The number of hydrogen-bond acceptors (Lipinski definition) is 4. The lowest BCUT2D eigenvalue weighted by Crippen LogP contribution is -2.36. The fourth-order valence-electron chi connectivity index (χ4n) is 3.00. The molecule has 2 aromatic rings. The third-order valence-corrected chi connectivity index (χ3v) is 4.90. The zero-order valence-electron chi connectivity index (χ0n) is 15.5. The molecule has 2 aromatic carbocycles. The Bertz CT molecular complexity index is 776. The van der Waals surface area contributed by atoms with Crippen LogP contribution >= 0.6 is 11.6 Å². The molecule has 27 heavy (non-hydrogen) atoms. The van der Waals surface area contributed by atoms with Gasteiger partial charge in [0.05, 0.1) is 31.2 Å². The van der Waals surface area contributed by atoms with Gasteiger partial charge in [0.15, 0.2) is 0 Å². The van der Waals surface area contributed by atoms with Gasteiger partial charge in [0.2, 0.25) is 5.91 Å². The maximum atomic E-state index is 12.3. The van der Waals surface area contributed by atoms with Gasteiger partial charge in [0, 0.05) is 24.5 Å². The highest BCUT2D eigenvalue weighted by Gasteiger charge is 2.15. The van der Waals surface area contributed by atoms with Crippen molar-refractivity contribution in [2.75, 3.05) is 43.1 Å². The number of carbonyl (C=O) groups is 1. The van der Waals surface area contributed by atoms with Crippen LogP contribution in [0.25, 0.3) is 0 Å². The fourth-order valence-corrected chi connectivity index (χ4v) is 3.12. The summed E-state index contributed by atoms with van der Waals surface area (Å²) < 4.78 is 11.1. The number of carbonyl (C=O) groups excluding carboxylic acids is 1. The first-order chi connectivity index (χ1) is 13.1. The summed E-state index contributed by atoms with van der Waals surface area (Å²) in [7, 11) is 0. The van der Waals surface area contributed by atoms with E-state index in [9.17, 15) is 4.79 Å². The highest BCUT2D eigenvalue weighted by atomic mass is 35.5. The van der Waals surface area contributed by atoms with Gasteiger partial charge in [-0.15, -0.1) is 0 Å². The van der Waals surface area contributed by atoms with Crippen LogP contribution in [0.2, 0.25) is 5.02 Å². The number of rotatable bonds is 7. The average molecular weight is 389 g/mol. The van der Waals surface area contributed by atoms with Gasteiger partial charge in [0.25, 0.3) is 0 Å². The maximum Gasteiger partial charge on any atom is 0.224 e. The van der Waals surface area contributed by atoms with Gasteiger partial charge in [-0.2, -0.15) is 0 Å². The van der Waals surface area contributed by atoms with Crippen molar-refractivity contribution in [2.24, 2.45) is 0 Å². The van der Waals surface area contributed by atoms with Gasteiger partial charge in [0.1, 0.15) is 5.75 Å². The van der Waals surface area contributed by atoms with Crippen LogP contribution in [-0.2, 0) is 9.53 Å². The summed E-state index contributed by atoms with van der Waals surface area (Å²) in [6, 6.07) is 13.5. The van der Waals surface area contributed by atoms with E-state index in [1.807, 2.05) is 49.4 Å². The molecule has 0 atom stereocenters. The molecule has 144 valence electrons. The zero-order chi connectivity index (χ0) is 19.1. The van der Waals surface area contributed by atoms with Crippen molar-refractivity contribution in [1.29, 1.82) is 0 Å². The molecule has 0 spiro atoms. The monoisotopic (exact) mass is 388 g/mol. The van der Waals surface area contributed by atoms with Crippen LogP contribution in [0.1, 0.15) is 18.4 Å². The van der Waals surface area contributed by atoms with Gasteiger partial charge in [-0.1, -0.05) is 23.7 Å². The van der Waals surface area contributed by atoms with Crippen LogP contribution in [0.4, 0.5) is 11.4 Å². The van der Waals surface area contributed by atoms with Gasteiger partial charge < -0.3 is 19.7 Å². The molecule has 1 N–H and O–H groups in total. The number of anilines is 2. The van der Waals surface area contributed by atoms with E-state index in [1.165, 1.54) is 0 Å². The second kappa shape index (κ2) is 9.62. The van der Waals surface area contributed by atoms with Crippen LogP contribution in [0.3, 0.4) is 0 Å². The highest BCUT2D eigenvalue weighted by molar-refractivity contribution is 6.31. The summed E-state index contributed by atoms with van der Waals surface area (Å²) in [6.45, 7) is 5.52. The number of para-hydroxylation sites is 2. The van der Waals surface area contributed by atoms with Crippen molar-refractivity contribution in [1.82, 2.24) is 0 Å². The molecular weight excluding hydrogens is 364 g/mol. The predicted molar refractivity (Wildman–Crippen MR) is 109 cm³/mol.